The number of nitrogens with zero attached hydrogens (tertiary/aromatic N) is 2. The molecule has 1 saturated carbocycles. The summed E-state index contributed by atoms with van der Waals surface area (Å²) in [5.74, 6) is 2.62. The minimum Gasteiger partial charge on any atom is -0.494 e. The maximum absolute atomic E-state index is 5.76. The van der Waals surface area contributed by atoms with Gasteiger partial charge in [-0.1, -0.05) is 0 Å². The summed E-state index contributed by atoms with van der Waals surface area (Å²) in [5, 5.41) is 0. The van der Waals surface area contributed by atoms with Gasteiger partial charge in [-0.15, -0.1) is 0 Å². The van der Waals surface area contributed by atoms with Crippen molar-refractivity contribution in [1.29, 1.82) is 0 Å². The molecule has 1 fully saturated rings. The molecule has 1 aliphatic rings. The third kappa shape index (κ3) is 4.10. The fourth-order valence-electron chi connectivity index (χ4n) is 2.52. The summed E-state index contributed by atoms with van der Waals surface area (Å²) in [4.78, 5) is 6.53. The lowest BCUT2D eigenvalue weighted by molar-refractivity contribution is 0.281. The van der Waals surface area contributed by atoms with Crippen LogP contribution in [0.3, 0.4) is 0 Å². The predicted molar refractivity (Wildman–Crippen MR) is 87.0 cm³/mol. The SMILES string of the molecule is CN(C)CCCOc1ccc(-c2ocnc2CC2CC2)cc1. The van der Waals surface area contributed by atoms with E-state index < -0.39 is 0 Å². The molecule has 1 aliphatic carbocycles. The van der Waals surface area contributed by atoms with Gasteiger partial charge < -0.3 is 14.1 Å². The molecule has 0 radical (unpaired) electrons. The molecular weight excluding hydrogens is 276 g/mol. The highest BCUT2D eigenvalue weighted by Gasteiger charge is 2.24. The fraction of sp³-hybridized carbons (Fsp3) is 0.500. The summed E-state index contributed by atoms with van der Waals surface area (Å²) in [5.41, 5.74) is 2.16. The average Bonchev–Trinajstić information content (AvgIpc) is 3.20. The smallest absolute Gasteiger partial charge is 0.181 e. The van der Waals surface area contributed by atoms with Crippen LogP contribution < -0.4 is 4.74 Å². The molecule has 0 saturated heterocycles. The molecule has 0 aliphatic heterocycles. The first-order chi connectivity index (χ1) is 10.7. The van der Waals surface area contributed by atoms with Gasteiger partial charge in [-0.3, -0.25) is 0 Å². The van der Waals surface area contributed by atoms with Crippen molar-refractivity contribution in [2.45, 2.75) is 25.7 Å². The summed E-state index contributed by atoms with van der Waals surface area (Å²) in [6.07, 6.45) is 6.27. The van der Waals surface area contributed by atoms with E-state index in [9.17, 15) is 0 Å². The lowest BCUT2D eigenvalue weighted by atomic mass is 10.1. The van der Waals surface area contributed by atoms with Gasteiger partial charge in [0.1, 0.15) is 5.75 Å². The molecule has 0 N–H and O–H groups in total. The molecule has 0 spiro atoms. The molecule has 0 atom stereocenters. The summed E-state index contributed by atoms with van der Waals surface area (Å²) < 4.78 is 11.3. The third-order valence-corrected chi connectivity index (χ3v) is 3.96. The van der Waals surface area contributed by atoms with Crippen LogP contribution in [0, 0.1) is 5.92 Å². The van der Waals surface area contributed by atoms with E-state index in [-0.39, 0.29) is 0 Å². The Balaban J connectivity index is 1.58. The minimum atomic E-state index is 0.743. The second-order valence-corrected chi connectivity index (χ2v) is 6.31. The number of aromatic nitrogens is 1. The van der Waals surface area contributed by atoms with Crippen molar-refractivity contribution in [3.63, 3.8) is 0 Å². The van der Waals surface area contributed by atoms with Crippen LogP contribution in [0.15, 0.2) is 35.1 Å². The summed E-state index contributed by atoms with van der Waals surface area (Å²) in [7, 11) is 4.15. The summed E-state index contributed by atoms with van der Waals surface area (Å²) in [6.45, 7) is 1.79. The van der Waals surface area contributed by atoms with E-state index in [2.05, 4.69) is 36.1 Å². The van der Waals surface area contributed by atoms with Crippen LogP contribution in [0.1, 0.15) is 25.0 Å². The van der Waals surface area contributed by atoms with Crippen molar-refractivity contribution in [3.8, 4) is 17.1 Å². The number of hydrogen-bond donors (Lipinski definition) is 0. The van der Waals surface area contributed by atoms with Gasteiger partial charge in [-0.25, -0.2) is 4.98 Å². The lowest BCUT2D eigenvalue weighted by Crippen LogP contribution is -2.15. The zero-order valence-corrected chi connectivity index (χ0v) is 13.4. The van der Waals surface area contributed by atoms with E-state index in [4.69, 9.17) is 9.15 Å². The van der Waals surface area contributed by atoms with E-state index >= 15 is 0 Å². The Hall–Kier alpha value is -1.81. The molecular formula is C18H24N2O2. The second-order valence-electron chi connectivity index (χ2n) is 6.31. The van der Waals surface area contributed by atoms with Crippen LogP contribution in [0.25, 0.3) is 11.3 Å². The minimum absolute atomic E-state index is 0.743. The molecule has 22 heavy (non-hydrogen) atoms. The summed E-state index contributed by atoms with van der Waals surface area (Å²) in [6, 6.07) is 8.12. The molecule has 0 bridgehead atoms. The number of oxazole rings is 1. The van der Waals surface area contributed by atoms with E-state index in [1.54, 1.807) is 6.39 Å². The van der Waals surface area contributed by atoms with Crippen LogP contribution in [-0.2, 0) is 6.42 Å². The molecule has 1 aromatic carbocycles. The normalized spacial score (nSPS) is 14.5. The molecule has 1 heterocycles. The summed E-state index contributed by atoms with van der Waals surface area (Å²) >= 11 is 0. The van der Waals surface area contributed by atoms with E-state index in [1.165, 1.54) is 12.8 Å². The largest absolute Gasteiger partial charge is 0.494 e. The lowest BCUT2D eigenvalue weighted by Gasteiger charge is -2.10. The van der Waals surface area contributed by atoms with Crippen LogP contribution in [0.4, 0.5) is 0 Å². The maximum Gasteiger partial charge on any atom is 0.181 e. The van der Waals surface area contributed by atoms with Gasteiger partial charge in [0.05, 0.1) is 12.3 Å². The Morgan fingerprint density at radius 1 is 1.23 bits per heavy atom. The van der Waals surface area contributed by atoms with E-state index in [0.717, 1.165) is 54.7 Å². The van der Waals surface area contributed by atoms with Crippen molar-refractivity contribution < 1.29 is 9.15 Å². The molecule has 3 rings (SSSR count). The molecule has 4 heteroatoms. The van der Waals surface area contributed by atoms with Gasteiger partial charge in [0.25, 0.3) is 0 Å². The van der Waals surface area contributed by atoms with Crippen LogP contribution in [0.2, 0.25) is 0 Å². The van der Waals surface area contributed by atoms with Crippen LogP contribution >= 0.6 is 0 Å². The highest BCUT2D eigenvalue weighted by molar-refractivity contribution is 5.60. The Morgan fingerprint density at radius 3 is 2.68 bits per heavy atom. The van der Waals surface area contributed by atoms with Crippen LogP contribution in [-0.4, -0.2) is 37.1 Å². The molecule has 118 valence electrons. The van der Waals surface area contributed by atoms with E-state index in [0.29, 0.717) is 0 Å². The van der Waals surface area contributed by atoms with Gasteiger partial charge >= 0.3 is 0 Å². The average molecular weight is 300 g/mol. The quantitative estimate of drug-likeness (QED) is 0.698. The maximum atomic E-state index is 5.76. The Bertz CT molecular complexity index is 585. The zero-order valence-electron chi connectivity index (χ0n) is 13.4. The molecule has 4 nitrogen and oxygen atoms in total. The van der Waals surface area contributed by atoms with Crippen LogP contribution in [0.5, 0.6) is 5.75 Å². The van der Waals surface area contributed by atoms with E-state index in [1.807, 2.05) is 12.1 Å². The third-order valence-electron chi connectivity index (χ3n) is 3.96. The standard InChI is InChI=1S/C18H24N2O2/c1-20(2)10-3-11-21-16-8-6-15(7-9-16)18-17(19-13-22-18)12-14-4-5-14/h6-9,13-14H,3-5,10-12H2,1-2H3. The number of hydrogen-bond acceptors (Lipinski definition) is 4. The topological polar surface area (TPSA) is 38.5 Å². The number of benzene rings is 1. The molecule has 0 unspecified atom stereocenters. The second kappa shape index (κ2) is 6.97. The van der Waals surface area contributed by atoms with Crippen molar-refractivity contribution in [1.82, 2.24) is 9.88 Å². The molecule has 2 aromatic rings. The van der Waals surface area contributed by atoms with Gasteiger partial charge in [0.2, 0.25) is 0 Å². The van der Waals surface area contributed by atoms with Gasteiger partial charge in [-0.05, 0) is 70.0 Å². The van der Waals surface area contributed by atoms with Gasteiger partial charge in [-0.2, -0.15) is 0 Å². The first-order valence-corrected chi connectivity index (χ1v) is 8.02. The Kier molecular flexibility index (Phi) is 4.78. The van der Waals surface area contributed by atoms with Gasteiger partial charge in [0, 0.05) is 12.1 Å². The Labute approximate surface area is 132 Å². The van der Waals surface area contributed by atoms with Crippen molar-refractivity contribution in [2.75, 3.05) is 27.2 Å². The number of ether oxygens (including phenoxy) is 1. The monoisotopic (exact) mass is 300 g/mol. The van der Waals surface area contributed by atoms with Crippen molar-refractivity contribution >= 4 is 0 Å². The predicted octanol–water partition coefficient (Wildman–Crippen LogP) is 3.62. The van der Waals surface area contributed by atoms with Gasteiger partial charge in [0.15, 0.2) is 12.2 Å². The Morgan fingerprint density at radius 2 is 2.00 bits per heavy atom. The molecule has 0 amide bonds. The van der Waals surface area contributed by atoms with Crippen molar-refractivity contribution in [2.24, 2.45) is 5.92 Å². The number of rotatable bonds is 8. The first kappa shape index (κ1) is 15.1. The van der Waals surface area contributed by atoms with Crippen molar-refractivity contribution in [3.05, 3.63) is 36.4 Å². The molecule has 1 aromatic heterocycles. The fourth-order valence-corrected chi connectivity index (χ4v) is 2.52. The highest BCUT2D eigenvalue weighted by Crippen LogP contribution is 2.35. The first-order valence-electron chi connectivity index (χ1n) is 8.02. The zero-order chi connectivity index (χ0) is 15.4. The highest BCUT2D eigenvalue weighted by atomic mass is 16.5.